The Morgan fingerprint density at radius 3 is 3.06 bits per heavy atom. The smallest absolute Gasteiger partial charge is 0.357 e. The maximum absolute atomic E-state index is 11.7. The first-order chi connectivity index (χ1) is 8.26. The van der Waals surface area contributed by atoms with Crippen LogP contribution < -0.4 is 0 Å². The number of hydrogen-bond acceptors (Lipinski definition) is 5. The Morgan fingerprint density at radius 2 is 2.35 bits per heavy atom. The number of methoxy groups -OCH3 is 1. The minimum absolute atomic E-state index is 0.328. The van der Waals surface area contributed by atoms with Crippen molar-refractivity contribution in [2.75, 3.05) is 13.7 Å². The van der Waals surface area contributed by atoms with E-state index in [1.165, 1.54) is 4.52 Å². The summed E-state index contributed by atoms with van der Waals surface area (Å²) in [6.45, 7) is 2.47. The zero-order valence-corrected chi connectivity index (χ0v) is 9.71. The van der Waals surface area contributed by atoms with Crippen LogP contribution in [0.2, 0.25) is 0 Å². The Morgan fingerprint density at radius 1 is 1.53 bits per heavy atom. The molecule has 0 saturated heterocycles. The Kier molecular flexibility index (Phi) is 3.34. The third-order valence-corrected chi connectivity index (χ3v) is 2.19. The molecule has 0 aromatic carbocycles. The molecule has 0 amide bonds. The van der Waals surface area contributed by atoms with Crippen molar-refractivity contribution in [1.82, 2.24) is 14.6 Å². The molecule has 0 aliphatic rings. The van der Waals surface area contributed by atoms with Crippen molar-refractivity contribution in [2.45, 2.75) is 13.5 Å². The number of hydrogen-bond donors (Lipinski definition) is 0. The molecule has 0 aliphatic heterocycles. The largest absolute Gasteiger partial charge is 0.461 e. The summed E-state index contributed by atoms with van der Waals surface area (Å²) in [4.78, 5) is 15.8. The first-order valence-electron chi connectivity index (χ1n) is 5.26. The summed E-state index contributed by atoms with van der Waals surface area (Å²) < 4.78 is 11.4. The third-order valence-electron chi connectivity index (χ3n) is 2.19. The van der Waals surface area contributed by atoms with Crippen molar-refractivity contribution < 1.29 is 14.3 Å². The number of esters is 1. The number of nitrogens with zero attached hydrogens (tertiary/aromatic N) is 3. The predicted octanol–water partition coefficient (Wildman–Crippen LogP) is 1.05. The normalized spacial score (nSPS) is 10.7. The van der Waals surface area contributed by atoms with Crippen LogP contribution in [-0.2, 0) is 16.1 Å². The minimum atomic E-state index is -0.410. The van der Waals surface area contributed by atoms with E-state index in [1.807, 2.05) is 0 Å². The number of carbonyl (C=O) groups excluding carboxylic acids is 1. The molecule has 2 aromatic rings. The molecule has 0 unspecified atom stereocenters. The topological polar surface area (TPSA) is 65.7 Å². The van der Waals surface area contributed by atoms with E-state index in [-0.39, 0.29) is 0 Å². The van der Waals surface area contributed by atoms with E-state index in [2.05, 4.69) is 10.1 Å². The predicted molar refractivity (Wildman–Crippen MR) is 59.7 cm³/mol. The zero-order valence-electron chi connectivity index (χ0n) is 9.71. The average Bonchev–Trinajstić information content (AvgIpc) is 2.71. The molecular formula is C11H13N3O3. The van der Waals surface area contributed by atoms with E-state index in [0.29, 0.717) is 24.6 Å². The molecule has 0 N–H and O–H groups in total. The highest BCUT2D eigenvalue weighted by Gasteiger charge is 2.13. The summed E-state index contributed by atoms with van der Waals surface area (Å²) in [5.74, 6) is -0.410. The summed E-state index contributed by atoms with van der Waals surface area (Å²) in [5, 5.41) is 4.23. The third kappa shape index (κ3) is 2.26. The van der Waals surface area contributed by atoms with E-state index in [0.717, 1.165) is 5.69 Å². The van der Waals surface area contributed by atoms with Crippen LogP contribution in [0.25, 0.3) is 5.65 Å². The van der Waals surface area contributed by atoms with Gasteiger partial charge in [0.1, 0.15) is 0 Å². The van der Waals surface area contributed by atoms with Crippen LogP contribution in [0.5, 0.6) is 0 Å². The molecule has 90 valence electrons. The van der Waals surface area contributed by atoms with Crippen LogP contribution >= 0.6 is 0 Å². The van der Waals surface area contributed by atoms with Gasteiger partial charge in [-0.15, -0.1) is 0 Å². The molecule has 0 fully saturated rings. The van der Waals surface area contributed by atoms with Gasteiger partial charge in [0, 0.05) is 19.4 Å². The lowest BCUT2D eigenvalue weighted by Crippen LogP contribution is -2.11. The second-order valence-corrected chi connectivity index (χ2v) is 3.39. The Labute approximate surface area is 98.2 Å². The highest BCUT2D eigenvalue weighted by molar-refractivity contribution is 5.88. The van der Waals surface area contributed by atoms with Crippen LogP contribution in [0.1, 0.15) is 23.1 Å². The fourth-order valence-electron chi connectivity index (χ4n) is 1.52. The molecule has 0 spiro atoms. The Balaban J connectivity index is 2.45. The van der Waals surface area contributed by atoms with Crippen molar-refractivity contribution in [1.29, 1.82) is 0 Å². The summed E-state index contributed by atoms with van der Waals surface area (Å²) >= 11 is 0. The van der Waals surface area contributed by atoms with E-state index in [1.54, 1.807) is 32.4 Å². The van der Waals surface area contributed by atoms with Crippen molar-refractivity contribution in [2.24, 2.45) is 0 Å². The fraction of sp³-hybridized carbons (Fsp3) is 0.364. The maximum Gasteiger partial charge on any atom is 0.357 e. The van der Waals surface area contributed by atoms with Crippen LogP contribution in [0.3, 0.4) is 0 Å². The first kappa shape index (κ1) is 11.5. The zero-order chi connectivity index (χ0) is 12.3. The maximum atomic E-state index is 11.7. The summed E-state index contributed by atoms with van der Waals surface area (Å²) in [6, 6.07) is 3.35. The lowest BCUT2D eigenvalue weighted by atomic mass is 10.4. The monoisotopic (exact) mass is 235 g/mol. The summed E-state index contributed by atoms with van der Waals surface area (Å²) in [5.41, 5.74) is 1.68. The molecular weight excluding hydrogens is 222 g/mol. The van der Waals surface area contributed by atoms with E-state index >= 15 is 0 Å². The molecule has 0 saturated carbocycles. The number of ether oxygens (including phenoxy) is 2. The number of fused-ring (bicyclic) bond motifs is 1. The van der Waals surface area contributed by atoms with Crippen LogP contribution in [-0.4, -0.2) is 34.3 Å². The number of aromatic nitrogens is 3. The second-order valence-electron chi connectivity index (χ2n) is 3.39. The van der Waals surface area contributed by atoms with Gasteiger partial charge in [-0.2, -0.15) is 5.10 Å². The molecule has 6 heteroatoms. The van der Waals surface area contributed by atoms with Crippen molar-refractivity contribution in [3.8, 4) is 0 Å². The minimum Gasteiger partial charge on any atom is -0.461 e. The standard InChI is InChI=1S/C11H13N3O3/c1-3-17-11(15)9-4-5-12-10-6-8(7-16-2)13-14(9)10/h4-6H,3,7H2,1-2H3. The van der Waals surface area contributed by atoms with Gasteiger partial charge in [0.2, 0.25) is 0 Å². The molecule has 6 nitrogen and oxygen atoms in total. The van der Waals surface area contributed by atoms with Crippen molar-refractivity contribution in [3.63, 3.8) is 0 Å². The number of rotatable bonds is 4. The van der Waals surface area contributed by atoms with Crippen LogP contribution in [0.15, 0.2) is 18.3 Å². The molecule has 0 atom stereocenters. The van der Waals surface area contributed by atoms with Gasteiger partial charge in [-0.25, -0.2) is 14.3 Å². The molecule has 2 heterocycles. The van der Waals surface area contributed by atoms with Gasteiger partial charge in [0.25, 0.3) is 0 Å². The molecule has 0 radical (unpaired) electrons. The van der Waals surface area contributed by atoms with Crippen LogP contribution in [0.4, 0.5) is 0 Å². The summed E-state index contributed by atoms with van der Waals surface area (Å²) in [7, 11) is 1.59. The van der Waals surface area contributed by atoms with Crippen molar-refractivity contribution >= 4 is 11.6 Å². The molecule has 2 rings (SSSR count). The molecule has 2 aromatic heterocycles. The van der Waals surface area contributed by atoms with Crippen molar-refractivity contribution in [3.05, 3.63) is 29.7 Å². The lowest BCUT2D eigenvalue weighted by Gasteiger charge is -2.03. The lowest BCUT2D eigenvalue weighted by molar-refractivity contribution is 0.0516. The van der Waals surface area contributed by atoms with E-state index < -0.39 is 5.97 Å². The second kappa shape index (κ2) is 4.92. The first-order valence-corrected chi connectivity index (χ1v) is 5.26. The van der Waals surface area contributed by atoms with Gasteiger partial charge < -0.3 is 9.47 Å². The SMILES string of the molecule is CCOC(=O)c1ccnc2cc(COC)nn12. The van der Waals surface area contributed by atoms with E-state index in [9.17, 15) is 4.79 Å². The molecule has 0 bridgehead atoms. The fourth-order valence-corrected chi connectivity index (χ4v) is 1.52. The van der Waals surface area contributed by atoms with Gasteiger partial charge >= 0.3 is 5.97 Å². The molecule has 17 heavy (non-hydrogen) atoms. The summed E-state index contributed by atoms with van der Waals surface area (Å²) in [6.07, 6.45) is 1.56. The highest BCUT2D eigenvalue weighted by Crippen LogP contribution is 2.09. The Bertz CT molecular complexity index is 536. The van der Waals surface area contributed by atoms with E-state index in [4.69, 9.17) is 9.47 Å². The molecule has 0 aliphatic carbocycles. The van der Waals surface area contributed by atoms with Gasteiger partial charge in [-0.3, -0.25) is 0 Å². The van der Waals surface area contributed by atoms with Gasteiger partial charge in [0.05, 0.1) is 18.9 Å². The van der Waals surface area contributed by atoms with Gasteiger partial charge in [-0.1, -0.05) is 0 Å². The number of carbonyl (C=O) groups is 1. The highest BCUT2D eigenvalue weighted by atomic mass is 16.5. The van der Waals surface area contributed by atoms with Gasteiger partial charge in [0.15, 0.2) is 11.3 Å². The quantitative estimate of drug-likeness (QED) is 0.741. The average molecular weight is 235 g/mol. The van der Waals surface area contributed by atoms with Crippen LogP contribution in [0, 0.1) is 0 Å². The van der Waals surface area contributed by atoms with Gasteiger partial charge in [-0.05, 0) is 13.0 Å². The Hall–Kier alpha value is -1.95.